The number of piperidine rings is 1. The molecule has 3 rings (SSSR count). The number of nitrogens with one attached hydrogen (secondary N) is 2. The van der Waals surface area contributed by atoms with E-state index in [0.29, 0.717) is 18.5 Å². The Morgan fingerprint density at radius 1 is 1.37 bits per heavy atom. The van der Waals surface area contributed by atoms with E-state index in [4.69, 9.17) is 9.73 Å². The first-order valence-electron chi connectivity index (χ1n) is 11.0. The number of rotatable bonds is 8. The van der Waals surface area contributed by atoms with Gasteiger partial charge in [0.05, 0.1) is 7.11 Å². The number of aromatic nitrogens is 2. The van der Waals surface area contributed by atoms with Gasteiger partial charge in [-0.25, -0.2) is 9.98 Å². The number of guanidine groups is 1. The molecule has 1 fully saturated rings. The van der Waals surface area contributed by atoms with Crippen LogP contribution in [-0.2, 0) is 13.1 Å². The number of hydrogen-bond donors (Lipinski definition) is 2. The zero-order valence-corrected chi connectivity index (χ0v) is 18.8. The third kappa shape index (κ3) is 6.15. The maximum atomic E-state index is 5.39. The van der Waals surface area contributed by atoms with E-state index in [-0.39, 0.29) is 0 Å². The van der Waals surface area contributed by atoms with Crippen molar-refractivity contribution in [3.63, 3.8) is 0 Å². The molecule has 7 heteroatoms. The lowest BCUT2D eigenvalue weighted by Crippen LogP contribution is -2.51. The Kier molecular flexibility index (Phi) is 7.99. The molecule has 0 bridgehead atoms. The maximum Gasteiger partial charge on any atom is 0.191 e. The Morgan fingerprint density at radius 2 is 2.23 bits per heavy atom. The average molecular weight is 413 g/mol. The Hall–Kier alpha value is -2.70. The molecule has 1 atom stereocenters. The van der Waals surface area contributed by atoms with Crippen molar-refractivity contribution in [3.05, 3.63) is 42.5 Å². The van der Waals surface area contributed by atoms with Crippen molar-refractivity contribution in [1.82, 2.24) is 20.2 Å². The molecule has 0 saturated carbocycles. The first kappa shape index (κ1) is 22.0. The fourth-order valence-corrected chi connectivity index (χ4v) is 3.85. The molecule has 1 unspecified atom stereocenters. The fourth-order valence-electron chi connectivity index (χ4n) is 3.85. The maximum absolute atomic E-state index is 5.39. The molecular formula is C23H36N6O. The molecule has 2 heterocycles. The van der Waals surface area contributed by atoms with Crippen LogP contribution in [-0.4, -0.2) is 48.3 Å². The minimum absolute atomic E-state index is 0.346. The summed E-state index contributed by atoms with van der Waals surface area (Å²) in [4.78, 5) is 11.7. The minimum Gasteiger partial charge on any atom is -0.497 e. The van der Waals surface area contributed by atoms with Crippen molar-refractivity contribution in [1.29, 1.82) is 0 Å². The zero-order valence-electron chi connectivity index (χ0n) is 18.8. The molecule has 7 nitrogen and oxygen atoms in total. The lowest BCUT2D eigenvalue weighted by Gasteiger charge is -2.35. The Bertz CT molecular complexity index is 816. The van der Waals surface area contributed by atoms with Crippen LogP contribution in [0.25, 0.3) is 0 Å². The largest absolute Gasteiger partial charge is 0.497 e. The summed E-state index contributed by atoms with van der Waals surface area (Å²) < 4.78 is 7.59. The number of imidazole rings is 1. The second-order valence-electron chi connectivity index (χ2n) is 8.22. The van der Waals surface area contributed by atoms with Gasteiger partial charge in [0, 0.05) is 56.4 Å². The summed E-state index contributed by atoms with van der Waals surface area (Å²) in [6.07, 6.45) is 6.18. The van der Waals surface area contributed by atoms with Crippen LogP contribution < -0.4 is 20.3 Å². The van der Waals surface area contributed by atoms with E-state index in [0.717, 1.165) is 56.6 Å². The highest BCUT2D eigenvalue weighted by Gasteiger charge is 2.21. The number of hydrogen-bond acceptors (Lipinski definition) is 4. The molecule has 0 radical (unpaired) electrons. The first-order chi connectivity index (χ1) is 14.6. The molecule has 2 aromatic rings. The van der Waals surface area contributed by atoms with Crippen LogP contribution in [0.2, 0.25) is 0 Å². The standard InChI is InChI=1S/C23H36N6O/c1-5-24-23(26-15-22-25-11-13-29(22)16-18(2)3)27-19-8-7-12-28(17-19)20-9-6-10-21(14-20)30-4/h6,9-11,13-14,18-19H,5,7-8,12,15-17H2,1-4H3,(H2,24,26,27). The minimum atomic E-state index is 0.346. The molecule has 0 spiro atoms. The molecule has 0 amide bonds. The van der Waals surface area contributed by atoms with Gasteiger partial charge in [0.25, 0.3) is 0 Å². The smallest absolute Gasteiger partial charge is 0.191 e. The highest BCUT2D eigenvalue weighted by Crippen LogP contribution is 2.24. The lowest BCUT2D eigenvalue weighted by molar-refractivity contribution is 0.414. The monoisotopic (exact) mass is 412 g/mol. The highest BCUT2D eigenvalue weighted by molar-refractivity contribution is 5.80. The van der Waals surface area contributed by atoms with Gasteiger partial charge in [0.15, 0.2) is 5.96 Å². The lowest BCUT2D eigenvalue weighted by atomic mass is 10.0. The number of ether oxygens (including phenoxy) is 1. The van der Waals surface area contributed by atoms with Gasteiger partial charge < -0.3 is 24.8 Å². The summed E-state index contributed by atoms with van der Waals surface area (Å²) in [6.45, 7) is 10.9. The second-order valence-corrected chi connectivity index (χ2v) is 8.22. The fraction of sp³-hybridized carbons (Fsp3) is 0.565. The third-order valence-corrected chi connectivity index (χ3v) is 5.27. The van der Waals surface area contributed by atoms with Crippen LogP contribution in [0.1, 0.15) is 39.4 Å². The van der Waals surface area contributed by atoms with Crippen molar-refractivity contribution in [2.24, 2.45) is 10.9 Å². The quantitative estimate of drug-likeness (QED) is 0.515. The molecule has 1 aromatic carbocycles. The van der Waals surface area contributed by atoms with E-state index in [1.54, 1.807) is 7.11 Å². The second kappa shape index (κ2) is 10.9. The molecule has 1 aliphatic heterocycles. The number of anilines is 1. The van der Waals surface area contributed by atoms with Crippen molar-refractivity contribution < 1.29 is 4.74 Å². The summed E-state index contributed by atoms with van der Waals surface area (Å²) in [5.74, 6) is 3.34. The van der Waals surface area contributed by atoms with Gasteiger partial charge in [0.2, 0.25) is 0 Å². The summed E-state index contributed by atoms with van der Waals surface area (Å²) in [5.41, 5.74) is 1.21. The van der Waals surface area contributed by atoms with E-state index >= 15 is 0 Å². The number of aliphatic imine (C=N–C) groups is 1. The summed E-state index contributed by atoms with van der Waals surface area (Å²) in [7, 11) is 1.71. The average Bonchev–Trinajstić information content (AvgIpc) is 3.18. The predicted molar refractivity (Wildman–Crippen MR) is 123 cm³/mol. The SMILES string of the molecule is CCNC(=NCc1nccn1CC(C)C)NC1CCCN(c2cccc(OC)c2)C1. The van der Waals surface area contributed by atoms with Gasteiger partial charge in [-0.05, 0) is 37.8 Å². The van der Waals surface area contributed by atoms with E-state index in [2.05, 4.69) is 64.1 Å². The van der Waals surface area contributed by atoms with Crippen LogP contribution in [0, 0.1) is 5.92 Å². The Balaban J connectivity index is 1.64. The number of methoxy groups -OCH3 is 1. The molecule has 1 aromatic heterocycles. The van der Waals surface area contributed by atoms with E-state index in [1.165, 1.54) is 5.69 Å². The molecule has 0 aliphatic carbocycles. The zero-order chi connectivity index (χ0) is 21.3. The van der Waals surface area contributed by atoms with Gasteiger partial charge in [-0.15, -0.1) is 0 Å². The van der Waals surface area contributed by atoms with Gasteiger partial charge in [-0.3, -0.25) is 0 Å². The van der Waals surface area contributed by atoms with Crippen LogP contribution in [0.3, 0.4) is 0 Å². The van der Waals surface area contributed by atoms with E-state index < -0.39 is 0 Å². The van der Waals surface area contributed by atoms with Gasteiger partial charge in [-0.1, -0.05) is 19.9 Å². The van der Waals surface area contributed by atoms with Gasteiger partial charge >= 0.3 is 0 Å². The van der Waals surface area contributed by atoms with Crippen molar-refractivity contribution in [2.75, 3.05) is 31.6 Å². The highest BCUT2D eigenvalue weighted by atomic mass is 16.5. The Labute approximate surface area is 180 Å². The topological polar surface area (TPSA) is 66.7 Å². The predicted octanol–water partition coefficient (Wildman–Crippen LogP) is 3.27. The molecule has 30 heavy (non-hydrogen) atoms. The first-order valence-corrected chi connectivity index (χ1v) is 11.0. The molecule has 1 saturated heterocycles. The molecule has 2 N–H and O–H groups in total. The van der Waals surface area contributed by atoms with Gasteiger partial charge in [0.1, 0.15) is 18.1 Å². The van der Waals surface area contributed by atoms with Gasteiger partial charge in [-0.2, -0.15) is 0 Å². The number of benzene rings is 1. The van der Waals surface area contributed by atoms with Crippen LogP contribution in [0.5, 0.6) is 5.75 Å². The molecular weight excluding hydrogens is 376 g/mol. The normalized spacial score (nSPS) is 17.3. The molecule has 164 valence electrons. The third-order valence-electron chi connectivity index (χ3n) is 5.27. The van der Waals surface area contributed by atoms with E-state index in [1.807, 2.05) is 18.5 Å². The Morgan fingerprint density at radius 3 is 3.00 bits per heavy atom. The van der Waals surface area contributed by atoms with Crippen LogP contribution in [0.4, 0.5) is 5.69 Å². The molecule has 1 aliphatic rings. The summed E-state index contributed by atoms with van der Waals surface area (Å²) >= 11 is 0. The van der Waals surface area contributed by atoms with Crippen molar-refractivity contribution in [3.8, 4) is 5.75 Å². The number of nitrogens with zero attached hydrogens (tertiary/aromatic N) is 4. The van der Waals surface area contributed by atoms with Crippen molar-refractivity contribution >= 4 is 11.6 Å². The van der Waals surface area contributed by atoms with Crippen molar-refractivity contribution in [2.45, 2.75) is 52.7 Å². The summed E-state index contributed by atoms with van der Waals surface area (Å²) in [5, 5.41) is 7.03. The van der Waals surface area contributed by atoms with Crippen LogP contribution >= 0.6 is 0 Å². The van der Waals surface area contributed by atoms with E-state index in [9.17, 15) is 0 Å². The van der Waals surface area contributed by atoms with Crippen LogP contribution in [0.15, 0.2) is 41.7 Å². The summed E-state index contributed by atoms with van der Waals surface area (Å²) in [6, 6.07) is 8.64.